The van der Waals surface area contributed by atoms with Crippen LogP contribution in [0.3, 0.4) is 0 Å². The zero-order valence-electron chi connectivity index (χ0n) is 62.6. The second-order valence-corrected chi connectivity index (χ2v) is 31.6. The number of hydrogen-bond acceptors (Lipinski definition) is 12. The highest BCUT2D eigenvalue weighted by Gasteiger charge is 2.64. The lowest BCUT2D eigenvalue weighted by molar-refractivity contribution is -0.156. The van der Waals surface area contributed by atoms with Crippen molar-refractivity contribution < 1.29 is 56.9 Å². The number of esters is 2. The molecule has 0 spiro atoms. The number of rotatable bonds is 30. The van der Waals surface area contributed by atoms with Crippen molar-refractivity contribution in [3.05, 3.63) is 133 Å². The number of aliphatic hydroxyl groups is 1. The quantitative estimate of drug-likeness (QED) is 0.0230. The Bertz CT molecular complexity index is 2770. The SMILES string of the molecule is CC1(C)OB(B2OC(C)(C)C(C)(C)O2)OC1(C)C.CCC(=O)c1ccc(Br)cc1.CCC(O)c1ccc(Br)cc1.CCCCCCC(CCCC)C(=O)OC(CC)c1ccc(B2OC(C)(C)C(C)(C)O2)cc1.CCCCCCC(CCCC)C(=O)OC(CC)c1ccc(Br)cc1. The minimum absolute atomic E-state index is 0.00489. The second-order valence-electron chi connectivity index (χ2n) is 28.9. The molecular weight excluding hydrogens is 1400 g/mol. The molecule has 3 aliphatic heterocycles. The molecule has 96 heavy (non-hydrogen) atoms. The largest absolute Gasteiger partial charge is 0.494 e. The van der Waals surface area contributed by atoms with Gasteiger partial charge in [-0.15, -0.1) is 0 Å². The number of hydrogen-bond donors (Lipinski definition) is 1. The van der Waals surface area contributed by atoms with Crippen molar-refractivity contribution in [3.63, 3.8) is 0 Å². The maximum atomic E-state index is 13.0. The molecule has 536 valence electrons. The van der Waals surface area contributed by atoms with Gasteiger partial charge >= 0.3 is 33.1 Å². The summed E-state index contributed by atoms with van der Waals surface area (Å²) < 4.78 is 51.2. The van der Waals surface area contributed by atoms with E-state index in [1.54, 1.807) is 0 Å². The first-order valence-corrected chi connectivity index (χ1v) is 38.6. The Morgan fingerprint density at radius 2 is 0.698 bits per heavy atom. The van der Waals surface area contributed by atoms with Crippen molar-refractivity contribution in [2.45, 2.75) is 319 Å². The Labute approximate surface area is 608 Å². The van der Waals surface area contributed by atoms with Crippen molar-refractivity contribution >= 4 is 92.1 Å². The summed E-state index contributed by atoms with van der Waals surface area (Å²) in [5.41, 5.74) is 2.71. The van der Waals surface area contributed by atoms with E-state index in [-0.39, 0.29) is 88.6 Å². The molecule has 3 aliphatic rings. The van der Waals surface area contributed by atoms with Crippen molar-refractivity contribution in [3.8, 4) is 0 Å². The number of benzene rings is 4. The predicted molar refractivity (Wildman–Crippen MR) is 408 cm³/mol. The van der Waals surface area contributed by atoms with E-state index in [0.717, 1.165) is 125 Å². The molecule has 3 heterocycles. The number of unbranched alkanes of at least 4 members (excludes halogenated alkanes) is 8. The molecule has 5 unspecified atom stereocenters. The summed E-state index contributed by atoms with van der Waals surface area (Å²) >= 11 is 10.1. The van der Waals surface area contributed by atoms with E-state index in [0.29, 0.717) is 6.42 Å². The van der Waals surface area contributed by atoms with Gasteiger partial charge in [-0.05, 0) is 187 Å². The molecule has 1 N–H and O–H groups in total. The molecule has 0 radical (unpaired) electrons. The number of halogens is 3. The first-order chi connectivity index (χ1) is 45.1. The van der Waals surface area contributed by atoms with Crippen LogP contribution in [0.15, 0.2) is 110 Å². The van der Waals surface area contributed by atoms with E-state index in [4.69, 9.17) is 37.4 Å². The zero-order chi connectivity index (χ0) is 72.1. The van der Waals surface area contributed by atoms with Gasteiger partial charge in [0.15, 0.2) is 5.78 Å². The molecule has 3 fully saturated rings. The second kappa shape index (κ2) is 42.3. The van der Waals surface area contributed by atoms with Gasteiger partial charge in [-0.25, -0.2) is 0 Å². The van der Waals surface area contributed by atoms with Crippen molar-refractivity contribution in [1.29, 1.82) is 0 Å². The van der Waals surface area contributed by atoms with E-state index in [9.17, 15) is 19.5 Å². The fraction of sp³-hybridized carbons (Fsp3) is 0.654. The molecule has 12 nitrogen and oxygen atoms in total. The molecule has 7 rings (SSSR count). The first kappa shape index (κ1) is 87.1. The van der Waals surface area contributed by atoms with Crippen LogP contribution in [0.1, 0.15) is 312 Å². The lowest BCUT2D eigenvalue weighted by Gasteiger charge is -2.32. The Morgan fingerprint density at radius 3 is 1.01 bits per heavy atom. The summed E-state index contributed by atoms with van der Waals surface area (Å²) in [6.45, 7) is 41.2. The monoisotopic (exact) mass is 1520 g/mol. The van der Waals surface area contributed by atoms with Crippen LogP contribution in [0.25, 0.3) is 0 Å². The minimum Gasteiger partial charge on any atom is -0.457 e. The highest BCUT2D eigenvalue weighted by molar-refractivity contribution is 9.11. The topological polar surface area (TPSA) is 145 Å². The molecule has 0 aromatic heterocycles. The van der Waals surface area contributed by atoms with Crippen LogP contribution in [0.2, 0.25) is 0 Å². The van der Waals surface area contributed by atoms with Gasteiger partial charge in [0.2, 0.25) is 0 Å². The predicted octanol–water partition coefficient (Wildman–Crippen LogP) is 22.2. The summed E-state index contributed by atoms with van der Waals surface area (Å²) in [4.78, 5) is 36.8. The molecule has 4 aromatic rings. The number of ether oxygens (including phenoxy) is 2. The van der Waals surface area contributed by atoms with Gasteiger partial charge in [0, 0.05) is 25.4 Å². The number of Topliss-reactive ketones (excluding diaryl/α,β-unsaturated/α-hetero) is 1. The van der Waals surface area contributed by atoms with Crippen LogP contribution in [0, 0.1) is 11.8 Å². The normalized spacial score (nSPS) is 18.3. The van der Waals surface area contributed by atoms with E-state index in [1.807, 2.05) is 166 Å². The van der Waals surface area contributed by atoms with Crippen LogP contribution in [-0.4, -0.2) is 77.6 Å². The summed E-state index contributed by atoms with van der Waals surface area (Å²) in [5, 5.41) is 9.40. The fourth-order valence-corrected chi connectivity index (χ4v) is 11.6. The average Bonchev–Trinajstić information content (AvgIpc) is 1.61. The van der Waals surface area contributed by atoms with Crippen LogP contribution >= 0.6 is 47.8 Å². The van der Waals surface area contributed by atoms with Crippen molar-refractivity contribution in [1.82, 2.24) is 0 Å². The summed E-state index contributed by atoms with van der Waals surface area (Å²) in [6, 6.07) is 31.4. The van der Waals surface area contributed by atoms with Crippen LogP contribution in [-0.2, 0) is 47.0 Å². The molecule has 0 amide bonds. The van der Waals surface area contributed by atoms with Crippen LogP contribution in [0.4, 0.5) is 0 Å². The zero-order valence-corrected chi connectivity index (χ0v) is 67.3. The van der Waals surface area contributed by atoms with Gasteiger partial charge in [-0.1, -0.05) is 241 Å². The van der Waals surface area contributed by atoms with E-state index < -0.39 is 14.0 Å². The molecule has 0 bridgehead atoms. The van der Waals surface area contributed by atoms with E-state index >= 15 is 0 Å². The minimum atomic E-state index is -0.476. The highest BCUT2D eigenvalue weighted by Crippen LogP contribution is 2.43. The third-order valence-corrected chi connectivity index (χ3v) is 21.1. The Balaban J connectivity index is 0.000000331. The number of ketones is 1. The lowest BCUT2D eigenvalue weighted by Crippen LogP contribution is -2.41. The van der Waals surface area contributed by atoms with Crippen LogP contribution in [0.5, 0.6) is 0 Å². The van der Waals surface area contributed by atoms with Gasteiger partial charge < -0.3 is 42.5 Å². The Hall–Kier alpha value is -3.16. The standard InChI is InChI=1S/C27H45BO4.C21H33BrO2.C12H24B2O4.C9H11BrO.C9H9BrO/c1-8-11-13-14-16-22(15-12-9-2)25(29)30-24(10-3)21-17-19-23(20-18-21)28-31-26(4,5)27(6,7)32-28;1-4-7-9-10-12-18(11-8-5-2)21(23)24-20(6-3)17-13-15-19(22)16-14-17;1-9(2)10(3,4)16-13(15-9)14-17-11(5,6)12(7,8)18-14;2*1-2-9(11)7-3-5-8(10)6-4-7/h17-20,22,24H,8-16H2,1-7H3;13-16,18,20H,4-12H2,1-3H3;1-8H3;3-6,9,11H,2H2,1H3;3-6H,2H2,1H3. The third-order valence-electron chi connectivity index (χ3n) is 19.5. The lowest BCUT2D eigenvalue weighted by atomic mass is 9.49. The molecule has 5 atom stereocenters. The molecule has 0 saturated carbocycles. The van der Waals surface area contributed by atoms with E-state index in [2.05, 4.69) is 117 Å². The van der Waals surface area contributed by atoms with Crippen molar-refractivity contribution in [2.24, 2.45) is 11.8 Å². The van der Waals surface area contributed by atoms with E-state index in [1.165, 1.54) is 38.5 Å². The fourth-order valence-electron chi connectivity index (χ4n) is 10.8. The molecular formula is C78H122B3Br3O12. The maximum Gasteiger partial charge on any atom is 0.494 e. The first-order valence-electron chi connectivity index (χ1n) is 36.2. The number of aliphatic hydroxyl groups excluding tert-OH is 1. The highest BCUT2D eigenvalue weighted by atomic mass is 79.9. The third kappa shape index (κ3) is 28.0. The summed E-state index contributed by atoms with van der Waals surface area (Å²) in [6.07, 6.45) is 20.0. The number of carbonyl (C=O) groups is 3. The Morgan fingerprint density at radius 1 is 0.396 bits per heavy atom. The van der Waals surface area contributed by atoms with Gasteiger partial charge in [0.1, 0.15) is 12.2 Å². The van der Waals surface area contributed by atoms with Crippen LogP contribution < -0.4 is 5.46 Å². The van der Waals surface area contributed by atoms with Gasteiger partial charge in [0.05, 0.1) is 51.5 Å². The molecule has 3 saturated heterocycles. The smallest absolute Gasteiger partial charge is 0.457 e. The average molecular weight is 1520 g/mol. The molecule has 0 aliphatic carbocycles. The maximum absolute atomic E-state index is 13.0. The number of carbonyl (C=O) groups excluding carboxylic acids is 3. The van der Waals surface area contributed by atoms with Gasteiger partial charge in [0.25, 0.3) is 0 Å². The van der Waals surface area contributed by atoms with Gasteiger partial charge in [-0.3, -0.25) is 14.4 Å². The Kier molecular flexibility index (Phi) is 38.4. The summed E-state index contributed by atoms with van der Waals surface area (Å²) in [7, 11) is -1.33. The van der Waals surface area contributed by atoms with Gasteiger partial charge in [-0.2, -0.15) is 0 Å². The van der Waals surface area contributed by atoms with Crippen molar-refractivity contribution in [2.75, 3.05) is 0 Å². The molecule has 4 aromatic carbocycles. The molecule has 18 heteroatoms. The summed E-state index contributed by atoms with van der Waals surface area (Å²) in [5.74, 6) is 0.236.